The standard InChI is InChI=1S/C29H30F2N6O5.C2H6/c1-29(2,3)42-28(40)36(13-17-4-5-17)23-12-19(10-11-32-23)27-34-22(16-41-27)26(39)33-21-14-37(35-24(21)25(30)31)20-8-6-18(15-38)7-9-20;1-2/h6-12,14,16-17,25,38H,4-5,13,15H2,1-3H3,(H,33,39);1-2H3. The Kier molecular flexibility index (Phi) is 10.1. The molecule has 44 heavy (non-hydrogen) atoms. The van der Waals surface area contributed by atoms with E-state index in [0.29, 0.717) is 35.1 Å². The highest BCUT2D eigenvalue weighted by Gasteiger charge is 2.31. The number of anilines is 2. The van der Waals surface area contributed by atoms with E-state index in [0.717, 1.165) is 19.1 Å². The molecule has 0 aliphatic heterocycles. The minimum absolute atomic E-state index is 0.0770. The van der Waals surface area contributed by atoms with E-state index in [1.807, 2.05) is 13.8 Å². The zero-order valence-corrected chi connectivity index (χ0v) is 25.3. The summed E-state index contributed by atoms with van der Waals surface area (Å²) < 4.78 is 39.8. The largest absolute Gasteiger partial charge is 0.444 e. The number of hydrogen-bond acceptors (Lipinski definition) is 8. The summed E-state index contributed by atoms with van der Waals surface area (Å²) in [7, 11) is 0. The highest BCUT2D eigenvalue weighted by atomic mass is 19.3. The van der Waals surface area contributed by atoms with Crippen LogP contribution in [0.15, 0.2) is 59.5 Å². The molecule has 3 heterocycles. The number of benzene rings is 1. The van der Waals surface area contributed by atoms with Crippen molar-refractivity contribution in [1.82, 2.24) is 19.7 Å². The lowest BCUT2D eigenvalue weighted by molar-refractivity contribution is 0.0577. The lowest BCUT2D eigenvalue weighted by Gasteiger charge is -2.27. The Morgan fingerprint density at radius 1 is 1.18 bits per heavy atom. The van der Waals surface area contributed by atoms with Crippen molar-refractivity contribution in [1.29, 1.82) is 0 Å². The van der Waals surface area contributed by atoms with Gasteiger partial charge in [0.2, 0.25) is 5.89 Å². The molecule has 3 aromatic heterocycles. The number of rotatable bonds is 9. The molecule has 1 aliphatic carbocycles. The Bertz CT molecular complexity index is 1570. The highest BCUT2D eigenvalue weighted by Crippen LogP contribution is 2.33. The fourth-order valence-corrected chi connectivity index (χ4v) is 4.06. The first-order valence-electron chi connectivity index (χ1n) is 14.3. The van der Waals surface area contributed by atoms with Crippen molar-refractivity contribution < 1.29 is 32.6 Å². The molecule has 1 saturated carbocycles. The summed E-state index contributed by atoms with van der Waals surface area (Å²) in [6.45, 7) is 9.65. The number of ether oxygens (including phenoxy) is 1. The first kappa shape index (κ1) is 32.3. The molecule has 0 unspecified atom stereocenters. The minimum atomic E-state index is -2.95. The maximum atomic E-state index is 13.8. The van der Waals surface area contributed by atoms with Gasteiger partial charge < -0.3 is 19.6 Å². The summed E-state index contributed by atoms with van der Waals surface area (Å²) >= 11 is 0. The SMILES string of the molecule is CC.CC(C)(C)OC(=O)N(CC1CC1)c1cc(-c2nc(C(=O)Nc3cn(-c4ccc(CO)cc4)nc3C(F)F)co2)ccn1. The van der Waals surface area contributed by atoms with Gasteiger partial charge in [-0.15, -0.1) is 0 Å². The molecular formula is C31H36F2N6O5. The summed E-state index contributed by atoms with van der Waals surface area (Å²) in [6.07, 6.45) is 2.43. The van der Waals surface area contributed by atoms with Crippen molar-refractivity contribution in [3.8, 4) is 17.1 Å². The van der Waals surface area contributed by atoms with Crippen LogP contribution < -0.4 is 10.2 Å². The third kappa shape index (κ3) is 8.04. The molecule has 13 heteroatoms. The molecule has 4 aromatic rings. The highest BCUT2D eigenvalue weighted by molar-refractivity contribution is 6.03. The molecule has 234 valence electrons. The summed E-state index contributed by atoms with van der Waals surface area (Å²) in [6, 6.07) is 9.72. The van der Waals surface area contributed by atoms with E-state index in [4.69, 9.17) is 9.15 Å². The first-order valence-corrected chi connectivity index (χ1v) is 14.3. The van der Waals surface area contributed by atoms with Gasteiger partial charge in [0.1, 0.15) is 17.7 Å². The number of alkyl halides is 2. The third-order valence-electron chi connectivity index (χ3n) is 6.34. The van der Waals surface area contributed by atoms with Gasteiger partial charge in [0.25, 0.3) is 12.3 Å². The van der Waals surface area contributed by atoms with Crippen molar-refractivity contribution >= 4 is 23.5 Å². The van der Waals surface area contributed by atoms with E-state index in [9.17, 15) is 23.5 Å². The molecule has 1 aliphatic rings. The van der Waals surface area contributed by atoms with Gasteiger partial charge in [0, 0.05) is 18.3 Å². The van der Waals surface area contributed by atoms with Gasteiger partial charge in [0.15, 0.2) is 11.4 Å². The molecule has 0 atom stereocenters. The zero-order valence-electron chi connectivity index (χ0n) is 25.3. The zero-order chi connectivity index (χ0) is 32.0. The van der Waals surface area contributed by atoms with Gasteiger partial charge in [-0.25, -0.2) is 28.2 Å². The minimum Gasteiger partial charge on any atom is -0.444 e. The summed E-state index contributed by atoms with van der Waals surface area (Å²) in [5.74, 6) is 0.00912. The molecule has 1 fully saturated rings. The average molecular weight is 611 g/mol. The van der Waals surface area contributed by atoms with E-state index < -0.39 is 29.7 Å². The van der Waals surface area contributed by atoms with Crippen LogP contribution in [0.25, 0.3) is 17.1 Å². The first-order chi connectivity index (χ1) is 21.0. The Morgan fingerprint density at radius 3 is 2.50 bits per heavy atom. The Morgan fingerprint density at radius 2 is 1.89 bits per heavy atom. The number of carbonyl (C=O) groups is 2. The van der Waals surface area contributed by atoms with E-state index in [1.54, 1.807) is 57.2 Å². The van der Waals surface area contributed by atoms with Crippen molar-refractivity contribution in [3.05, 3.63) is 72.0 Å². The lowest BCUT2D eigenvalue weighted by Crippen LogP contribution is -2.38. The van der Waals surface area contributed by atoms with Crippen molar-refractivity contribution in [3.63, 3.8) is 0 Å². The molecule has 0 spiro atoms. The topological polar surface area (TPSA) is 136 Å². The molecule has 2 N–H and O–H groups in total. The maximum absolute atomic E-state index is 13.8. The molecular weight excluding hydrogens is 574 g/mol. The van der Waals surface area contributed by atoms with Gasteiger partial charge in [-0.05, 0) is 69.4 Å². The van der Waals surface area contributed by atoms with Gasteiger partial charge in [-0.3, -0.25) is 9.69 Å². The molecule has 11 nitrogen and oxygen atoms in total. The van der Waals surface area contributed by atoms with Crippen LogP contribution >= 0.6 is 0 Å². The second-order valence-corrected chi connectivity index (χ2v) is 10.9. The summed E-state index contributed by atoms with van der Waals surface area (Å²) in [5, 5.41) is 15.6. The number of nitrogens with zero attached hydrogens (tertiary/aromatic N) is 5. The number of hydrogen-bond donors (Lipinski definition) is 2. The van der Waals surface area contributed by atoms with Gasteiger partial charge in [-0.2, -0.15) is 5.10 Å². The van der Waals surface area contributed by atoms with Crippen LogP contribution in [-0.2, 0) is 11.3 Å². The Hall–Kier alpha value is -4.65. The van der Waals surface area contributed by atoms with E-state index in [-0.39, 0.29) is 23.9 Å². The van der Waals surface area contributed by atoms with Crippen LogP contribution in [0.1, 0.15) is 75.6 Å². The van der Waals surface area contributed by atoms with Crippen molar-refractivity contribution in [2.75, 3.05) is 16.8 Å². The predicted molar refractivity (Wildman–Crippen MR) is 160 cm³/mol. The monoisotopic (exact) mass is 610 g/mol. The number of aliphatic hydroxyl groups excluding tert-OH is 1. The average Bonchev–Trinajstić information content (AvgIpc) is 3.50. The normalized spacial score (nSPS) is 12.8. The fourth-order valence-electron chi connectivity index (χ4n) is 4.06. The third-order valence-corrected chi connectivity index (χ3v) is 6.34. The van der Waals surface area contributed by atoms with E-state index in [1.165, 1.54) is 22.0 Å². The number of nitrogens with one attached hydrogen (secondary N) is 1. The van der Waals surface area contributed by atoms with Gasteiger partial charge >= 0.3 is 6.09 Å². The molecule has 0 radical (unpaired) electrons. The number of pyridine rings is 1. The summed E-state index contributed by atoms with van der Waals surface area (Å²) in [5.41, 5.74) is -0.0699. The Balaban J connectivity index is 0.00000216. The second kappa shape index (κ2) is 13.8. The number of amides is 2. The molecule has 0 saturated heterocycles. The molecule has 2 amide bonds. The van der Waals surface area contributed by atoms with Crippen LogP contribution in [0, 0.1) is 5.92 Å². The number of oxazole rings is 1. The second-order valence-electron chi connectivity index (χ2n) is 10.9. The van der Waals surface area contributed by atoms with Crippen LogP contribution in [0.5, 0.6) is 0 Å². The van der Waals surface area contributed by atoms with E-state index >= 15 is 0 Å². The van der Waals surface area contributed by atoms with Gasteiger partial charge in [-0.1, -0.05) is 26.0 Å². The number of aromatic nitrogens is 4. The van der Waals surface area contributed by atoms with Crippen LogP contribution in [-0.4, -0.2) is 49.0 Å². The Labute approximate surface area is 253 Å². The number of halogens is 2. The van der Waals surface area contributed by atoms with Crippen molar-refractivity contribution in [2.24, 2.45) is 5.92 Å². The van der Waals surface area contributed by atoms with Crippen molar-refractivity contribution in [2.45, 2.75) is 66.1 Å². The fraction of sp³-hybridized carbons (Fsp3) is 0.387. The summed E-state index contributed by atoms with van der Waals surface area (Å²) in [4.78, 5) is 35.9. The molecule has 1 aromatic carbocycles. The van der Waals surface area contributed by atoms with Crippen LogP contribution in [0.4, 0.5) is 25.1 Å². The quantitative estimate of drug-likeness (QED) is 0.212. The number of carbonyl (C=O) groups excluding carboxylic acids is 2. The smallest absolute Gasteiger partial charge is 0.416 e. The molecule has 5 rings (SSSR count). The number of aliphatic hydroxyl groups is 1. The van der Waals surface area contributed by atoms with Crippen LogP contribution in [0.2, 0.25) is 0 Å². The maximum Gasteiger partial charge on any atom is 0.416 e. The van der Waals surface area contributed by atoms with E-state index in [2.05, 4.69) is 20.4 Å². The van der Waals surface area contributed by atoms with Crippen LogP contribution in [0.3, 0.4) is 0 Å². The lowest BCUT2D eigenvalue weighted by atomic mass is 10.2. The molecule has 0 bridgehead atoms. The predicted octanol–water partition coefficient (Wildman–Crippen LogP) is 6.78. The van der Waals surface area contributed by atoms with Gasteiger partial charge in [0.05, 0.1) is 24.2 Å².